The molecular weight excluding hydrogens is 140 g/mol. The summed E-state index contributed by atoms with van der Waals surface area (Å²) in [4.78, 5) is 9.70. The predicted molar refractivity (Wildman–Crippen MR) is 36.5 cm³/mol. The smallest absolute Gasteiger partial charge is 0.293 e. The number of ether oxygens (including phenoxy) is 1. The molecule has 0 heterocycles. The van der Waals surface area contributed by atoms with Gasteiger partial charge in [0.15, 0.2) is 0 Å². The van der Waals surface area contributed by atoms with Crippen LogP contribution >= 0.6 is 11.6 Å². The molecule has 0 saturated heterocycles. The van der Waals surface area contributed by atoms with E-state index in [2.05, 4.69) is 4.74 Å². The molecule has 0 aromatic heterocycles. The minimum Gasteiger partial charge on any atom is -0.467 e. The summed E-state index contributed by atoms with van der Waals surface area (Å²) in [6, 6.07) is 0. The van der Waals surface area contributed by atoms with Crippen LogP contribution in [0.3, 0.4) is 0 Å². The van der Waals surface area contributed by atoms with Gasteiger partial charge >= 0.3 is 0 Å². The maximum atomic E-state index is 9.70. The van der Waals surface area contributed by atoms with E-state index in [4.69, 9.17) is 11.6 Å². The van der Waals surface area contributed by atoms with Gasteiger partial charge in [0.1, 0.15) is 0 Å². The molecule has 0 saturated carbocycles. The summed E-state index contributed by atoms with van der Waals surface area (Å²) in [5.74, 6) is 0.501. The van der Waals surface area contributed by atoms with E-state index in [-0.39, 0.29) is 5.41 Å². The van der Waals surface area contributed by atoms with Crippen LogP contribution in [0.25, 0.3) is 0 Å². The van der Waals surface area contributed by atoms with Crippen LogP contribution in [-0.2, 0) is 9.53 Å². The minimum absolute atomic E-state index is 0.0948. The summed E-state index contributed by atoms with van der Waals surface area (Å²) in [5, 5.41) is 0. The first kappa shape index (κ1) is 8.76. The van der Waals surface area contributed by atoms with Crippen LogP contribution < -0.4 is 0 Å². The number of hydrogen-bond acceptors (Lipinski definition) is 2. The molecule has 9 heavy (non-hydrogen) atoms. The van der Waals surface area contributed by atoms with Crippen molar-refractivity contribution in [1.29, 1.82) is 0 Å². The van der Waals surface area contributed by atoms with Gasteiger partial charge < -0.3 is 4.74 Å². The third kappa shape index (κ3) is 4.28. The Kier molecular flexibility index (Phi) is 3.62. The number of rotatable bonds is 4. The lowest BCUT2D eigenvalue weighted by Crippen LogP contribution is -2.20. The van der Waals surface area contributed by atoms with E-state index in [0.29, 0.717) is 19.0 Å². The molecule has 0 aliphatic rings. The Morgan fingerprint density at radius 1 is 1.67 bits per heavy atom. The van der Waals surface area contributed by atoms with Crippen LogP contribution in [0.15, 0.2) is 0 Å². The van der Waals surface area contributed by atoms with Crippen LogP contribution in [0.1, 0.15) is 13.8 Å². The molecule has 0 aliphatic heterocycles. The van der Waals surface area contributed by atoms with Crippen molar-refractivity contribution in [2.24, 2.45) is 5.41 Å². The lowest BCUT2D eigenvalue weighted by Gasteiger charge is -2.18. The van der Waals surface area contributed by atoms with Gasteiger partial charge in [-0.2, -0.15) is 0 Å². The van der Waals surface area contributed by atoms with E-state index >= 15 is 0 Å². The molecule has 54 valence electrons. The lowest BCUT2D eigenvalue weighted by molar-refractivity contribution is -0.131. The molecule has 0 aromatic carbocycles. The van der Waals surface area contributed by atoms with Crippen molar-refractivity contribution in [3.05, 3.63) is 0 Å². The first-order valence-corrected chi connectivity index (χ1v) is 3.27. The molecule has 0 fully saturated rings. The van der Waals surface area contributed by atoms with Crippen molar-refractivity contribution in [3.63, 3.8) is 0 Å². The van der Waals surface area contributed by atoms with Crippen molar-refractivity contribution in [2.45, 2.75) is 13.8 Å². The fourth-order valence-corrected chi connectivity index (χ4v) is 0.375. The second-order valence-corrected chi connectivity index (χ2v) is 2.97. The summed E-state index contributed by atoms with van der Waals surface area (Å²) in [7, 11) is 0. The second-order valence-electron chi connectivity index (χ2n) is 2.71. The van der Waals surface area contributed by atoms with E-state index in [1.54, 1.807) is 0 Å². The molecule has 2 nitrogen and oxygen atoms in total. The van der Waals surface area contributed by atoms with Gasteiger partial charge in [0, 0.05) is 11.3 Å². The molecule has 0 aliphatic carbocycles. The van der Waals surface area contributed by atoms with Gasteiger partial charge in [-0.25, -0.2) is 0 Å². The Hall–Kier alpha value is -0.240. The molecule has 3 heteroatoms. The van der Waals surface area contributed by atoms with Crippen LogP contribution in [0.2, 0.25) is 0 Å². The molecular formula is C6H11ClO2. The molecule has 0 aromatic rings. The van der Waals surface area contributed by atoms with Gasteiger partial charge in [0.05, 0.1) is 6.61 Å². The topological polar surface area (TPSA) is 26.3 Å². The fourth-order valence-electron chi connectivity index (χ4n) is 0.298. The highest BCUT2D eigenvalue weighted by Gasteiger charge is 2.16. The van der Waals surface area contributed by atoms with Crippen molar-refractivity contribution in [1.82, 2.24) is 0 Å². The average Bonchev–Trinajstić information content (AvgIpc) is 1.84. The van der Waals surface area contributed by atoms with Gasteiger partial charge in [0.2, 0.25) is 0 Å². The van der Waals surface area contributed by atoms with E-state index in [0.717, 1.165) is 0 Å². The zero-order chi connectivity index (χ0) is 7.33. The zero-order valence-electron chi connectivity index (χ0n) is 5.69. The fraction of sp³-hybridized carbons (Fsp3) is 0.833. The van der Waals surface area contributed by atoms with Gasteiger partial charge in [0.25, 0.3) is 6.47 Å². The first-order chi connectivity index (χ1) is 4.12. The molecule has 0 spiro atoms. The zero-order valence-corrected chi connectivity index (χ0v) is 6.44. The molecule has 0 rings (SSSR count). The first-order valence-electron chi connectivity index (χ1n) is 2.73. The van der Waals surface area contributed by atoms with E-state index in [9.17, 15) is 4.79 Å². The Morgan fingerprint density at radius 3 is 2.56 bits per heavy atom. The maximum absolute atomic E-state index is 9.70. The molecule has 0 bridgehead atoms. The van der Waals surface area contributed by atoms with Crippen LogP contribution in [0, 0.1) is 5.41 Å². The molecule has 0 atom stereocenters. The van der Waals surface area contributed by atoms with Gasteiger partial charge in [-0.15, -0.1) is 11.6 Å². The van der Waals surface area contributed by atoms with Crippen molar-refractivity contribution >= 4 is 18.1 Å². The molecule has 0 N–H and O–H groups in total. The lowest BCUT2D eigenvalue weighted by atomic mass is 9.98. The quantitative estimate of drug-likeness (QED) is 0.448. The minimum atomic E-state index is -0.0948. The highest BCUT2D eigenvalue weighted by molar-refractivity contribution is 6.18. The van der Waals surface area contributed by atoms with Gasteiger partial charge in [-0.05, 0) is 0 Å². The SMILES string of the molecule is CC(C)(CCl)COC=O. The Morgan fingerprint density at radius 2 is 2.22 bits per heavy atom. The number of alkyl halides is 1. The summed E-state index contributed by atoms with van der Waals surface area (Å²) in [6.07, 6.45) is 0. The molecule has 0 amide bonds. The number of carbonyl (C=O) groups excluding carboxylic acids is 1. The van der Waals surface area contributed by atoms with Crippen LogP contribution in [0.4, 0.5) is 0 Å². The molecule has 0 radical (unpaired) electrons. The highest BCUT2D eigenvalue weighted by Crippen LogP contribution is 2.16. The highest BCUT2D eigenvalue weighted by atomic mass is 35.5. The average molecular weight is 151 g/mol. The van der Waals surface area contributed by atoms with Gasteiger partial charge in [-0.3, -0.25) is 4.79 Å². The third-order valence-electron chi connectivity index (χ3n) is 0.904. The Bertz CT molecular complexity index is 91.1. The van der Waals surface area contributed by atoms with E-state index in [1.165, 1.54) is 0 Å². The Balaban J connectivity index is 3.44. The van der Waals surface area contributed by atoms with Crippen molar-refractivity contribution in [2.75, 3.05) is 12.5 Å². The normalized spacial score (nSPS) is 11.0. The summed E-state index contributed by atoms with van der Waals surface area (Å²) < 4.78 is 4.52. The predicted octanol–water partition coefficient (Wildman–Crippen LogP) is 1.42. The van der Waals surface area contributed by atoms with E-state index < -0.39 is 0 Å². The summed E-state index contributed by atoms with van der Waals surface area (Å²) in [5.41, 5.74) is -0.0948. The Labute approximate surface area is 60.1 Å². The van der Waals surface area contributed by atoms with Crippen molar-refractivity contribution in [3.8, 4) is 0 Å². The largest absolute Gasteiger partial charge is 0.467 e. The number of carbonyl (C=O) groups is 1. The van der Waals surface area contributed by atoms with Crippen LogP contribution in [0.5, 0.6) is 0 Å². The van der Waals surface area contributed by atoms with Crippen LogP contribution in [-0.4, -0.2) is 19.0 Å². The second kappa shape index (κ2) is 3.72. The summed E-state index contributed by atoms with van der Waals surface area (Å²) >= 11 is 5.53. The van der Waals surface area contributed by atoms with Gasteiger partial charge in [-0.1, -0.05) is 13.8 Å². The maximum Gasteiger partial charge on any atom is 0.293 e. The monoisotopic (exact) mass is 150 g/mol. The molecule has 0 unspecified atom stereocenters. The van der Waals surface area contributed by atoms with E-state index in [1.807, 2.05) is 13.8 Å². The number of hydrogen-bond donors (Lipinski definition) is 0. The standard InChI is InChI=1S/C6H11ClO2/c1-6(2,3-7)4-9-5-8/h5H,3-4H2,1-2H3. The summed E-state index contributed by atoms with van der Waals surface area (Å²) in [6.45, 7) is 4.70. The van der Waals surface area contributed by atoms with Crippen molar-refractivity contribution < 1.29 is 9.53 Å². The number of halogens is 1. The third-order valence-corrected chi connectivity index (χ3v) is 1.63.